The van der Waals surface area contributed by atoms with Crippen LogP contribution in [-0.4, -0.2) is 47.0 Å². The average Bonchev–Trinajstić information content (AvgIpc) is 3.16. The summed E-state index contributed by atoms with van der Waals surface area (Å²) in [4.78, 5) is 16.5. The standard InChI is InChI=1S/C18H18ClN5O3S/c1-13-3-6-15(7-4-13)28(26,27)23(2)10-18(25)22-16-9-14(19)5-8-17(16)24-12-20-11-21-24/h3-9,11-12H,10H2,1-2H3,(H,22,25). The normalized spacial score (nSPS) is 11.6. The topological polar surface area (TPSA) is 97.2 Å². The fraction of sp³-hybridized carbons (Fsp3) is 0.167. The number of amides is 1. The summed E-state index contributed by atoms with van der Waals surface area (Å²) in [5.74, 6) is -0.512. The maximum atomic E-state index is 12.6. The van der Waals surface area contributed by atoms with Crippen molar-refractivity contribution in [1.82, 2.24) is 19.1 Å². The second-order valence-corrected chi connectivity index (χ2v) is 8.61. The third-order valence-corrected chi connectivity index (χ3v) is 6.05. The molecule has 10 heteroatoms. The van der Waals surface area contributed by atoms with Crippen molar-refractivity contribution in [3.8, 4) is 5.69 Å². The SMILES string of the molecule is Cc1ccc(S(=O)(=O)N(C)CC(=O)Nc2cc(Cl)ccc2-n2cncn2)cc1. The molecule has 28 heavy (non-hydrogen) atoms. The first kappa shape index (κ1) is 20.0. The van der Waals surface area contributed by atoms with Gasteiger partial charge in [0.1, 0.15) is 12.7 Å². The van der Waals surface area contributed by atoms with E-state index in [4.69, 9.17) is 11.6 Å². The molecule has 0 bridgehead atoms. The van der Waals surface area contributed by atoms with Crippen LogP contribution in [0, 0.1) is 6.92 Å². The number of nitrogens with one attached hydrogen (secondary N) is 1. The lowest BCUT2D eigenvalue weighted by atomic mass is 10.2. The number of aryl methyl sites for hydroxylation is 1. The third-order valence-electron chi connectivity index (χ3n) is 3.99. The summed E-state index contributed by atoms with van der Waals surface area (Å²) in [6, 6.07) is 11.3. The Bertz CT molecular complexity index is 1080. The summed E-state index contributed by atoms with van der Waals surface area (Å²) in [6.45, 7) is 1.50. The highest BCUT2D eigenvalue weighted by Gasteiger charge is 2.23. The molecule has 0 aliphatic rings. The highest BCUT2D eigenvalue weighted by molar-refractivity contribution is 7.89. The van der Waals surface area contributed by atoms with Crippen LogP contribution < -0.4 is 5.32 Å². The molecular weight excluding hydrogens is 402 g/mol. The minimum Gasteiger partial charge on any atom is -0.323 e. The molecular formula is C18H18ClN5O3S. The Morgan fingerprint density at radius 1 is 1.21 bits per heavy atom. The van der Waals surface area contributed by atoms with Gasteiger partial charge in [0, 0.05) is 12.1 Å². The minimum absolute atomic E-state index is 0.125. The summed E-state index contributed by atoms with van der Waals surface area (Å²) < 4.78 is 27.7. The molecule has 0 fully saturated rings. The number of likely N-dealkylation sites (N-methyl/N-ethyl adjacent to an activating group) is 1. The lowest BCUT2D eigenvalue weighted by Crippen LogP contribution is -2.35. The first-order chi connectivity index (χ1) is 13.3. The molecule has 8 nitrogen and oxygen atoms in total. The van der Waals surface area contributed by atoms with Gasteiger partial charge in [-0.25, -0.2) is 18.1 Å². The van der Waals surface area contributed by atoms with Crippen molar-refractivity contribution >= 4 is 33.2 Å². The van der Waals surface area contributed by atoms with Crippen LogP contribution in [0.3, 0.4) is 0 Å². The van der Waals surface area contributed by atoms with Crippen LogP contribution in [0.25, 0.3) is 5.69 Å². The number of anilines is 1. The summed E-state index contributed by atoms with van der Waals surface area (Å²) in [7, 11) is -2.43. The predicted molar refractivity (Wildman–Crippen MR) is 106 cm³/mol. The summed E-state index contributed by atoms with van der Waals surface area (Å²) >= 11 is 6.03. The van der Waals surface area contributed by atoms with Crippen LogP contribution in [0.1, 0.15) is 5.56 Å². The van der Waals surface area contributed by atoms with Crippen molar-refractivity contribution in [2.75, 3.05) is 18.9 Å². The molecule has 0 aliphatic heterocycles. The zero-order valence-corrected chi connectivity index (χ0v) is 16.8. The molecule has 0 aliphatic carbocycles. The fourth-order valence-electron chi connectivity index (χ4n) is 2.51. The van der Waals surface area contributed by atoms with E-state index in [0.717, 1.165) is 9.87 Å². The van der Waals surface area contributed by atoms with Crippen LogP contribution in [0.4, 0.5) is 5.69 Å². The van der Waals surface area contributed by atoms with Gasteiger partial charge in [-0.15, -0.1) is 0 Å². The smallest absolute Gasteiger partial charge is 0.243 e. The Hall–Kier alpha value is -2.75. The molecule has 0 radical (unpaired) electrons. The quantitative estimate of drug-likeness (QED) is 0.662. The largest absolute Gasteiger partial charge is 0.323 e. The van der Waals surface area contributed by atoms with Gasteiger partial charge in [0.15, 0.2) is 0 Å². The summed E-state index contributed by atoms with van der Waals surface area (Å²) in [6.07, 6.45) is 2.84. The number of hydrogen-bond acceptors (Lipinski definition) is 5. The third kappa shape index (κ3) is 4.38. The summed E-state index contributed by atoms with van der Waals surface area (Å²) in [5.41, 5.74) is 1.89. The van der Waals surface area contributed by atoms with Gasteiger partial charge in [-0.05, 0) is 37.3 Å². The number of carbonyl (C=O) groups is 1. The molecule has 1 heterocycles. The van der Waals surface area contributed by atoms with Crippen molar-refractivity contribution < 1.29 is 13.2 Å². The van der Waals surface area contributed by atoms with Crippen LogP contribution >= 0.6 is 11.6 Å². The number of hydrogen-bond donors (Lipinski definition) is 1. The number of sulfonamides is 1. The van der Waals surface area contributed by atoms with Gasteiger partial charge in [-0.1, -0.05) is 29.3 Å². The summed E-state index contributed by atoms with van der Waals surface area (Å²) in [5, 5.41) is 7.14. The van der Waals surface area contributed by atoms with Crippen molar-refractivity contribution in [1.29, 1.82) is 0 Å². The molecule has 1 amide bonds. The van der Waals surface area contributed by atoms with E-state index in [2.05, 4.69) is 15.4 Å². The van der Waals surface area contributed by atoms with Gasteiger partial charge >= 0.3 is 0 Å². The number of nitrogens with zero attached hydrogens (tertiary/aromatic N) is 4. The molecule has 3 rings (SSSR count). The van der Waals surface area contributed by atoms with Gasteiger partial charge < -0.3 is 5.32 Å². The molecule has 3 aromatic rings. The van der Waals surface area contributed by atoms with E-state index in [9.17, 15) is 13.2 Å². The van der Waals surface area contributed by atoms with Gasteiger partial charge in [0.25, 0.3) is 0 Å². The fourth-order valence-corrected chi connectivity index (χ4v) is 3.81. The number of halogens is 1. The maximum absolute atomic E-state index is 12.6. The van der Waals surface area contributed by atoms with Crippen LogP contribution in [0.2, 0.25) is 5.02 Å². The molecule has 2 aromatic carbocycles. The van der Waals surface area contributed by atoms with Gasteiger partial charge in [-0.3, -0.25) is 4.79 Å². The minimum atomic E-state index is -3.79. The molecule has 0 atom stereocenters. The van der Waals surface area contributed by atoms with E-state index in [1.165, 1.54) is 36.5 Å². The van der Waals surface area contributed by atoms with E-state index in [1.54, 1.807) is 30.3 Å². The number of rotatable bonds is 6. The lowest BCUT2D eigenvalue weighted by molar-refractivity contribution is -0.116. The molecule has 0 saturated heterocycles. The monoisotopic (exact) mass is 419 g/mol. The van der Waals surface area contributed by atoms with Gasteiger partial charge in [0.2, 0.25) is 15.9 Å². The van der Waals surface area contributed by atoms with E-state index in [-0.39, 0.29) is 11.4 Å². The molecule has 0 spiro atoms. The average molecular weight is 420 g/mol. The van der Waals surface area contributed by atoms with Gasteiger partial charge in [0.05, 0.1) is 22.8 Å². The van der Waals surface area contributed by atoms with Crippen LogP contribution in [-0.2, 0) is 14.8 Å². The van der Waals surface area contributed by atoms with Crippen molar-refractivity contribution in [2.24, 2.45) is 0 Å². The van der Waals surface area contributed by atoms with E-state index in [1.807, 2.05) is 6.92 Å². The first-order valence-electron chi connectivity index (χ1n) is 8.25. The van der Waals surface area contributed by atoms with E-state index >= 15 is 0 Å². The molecule has 0 unspecified atom stereocenters. The van der Waals surface area contributed by atoms with E-state index in [0.29, 0.717) is 16.4 Å². The second-order valence-electron chi connectivity index (χ2n) is 6.12. The molecule has 146 valence electrons. The highest BCUT2D eigenvalue weighted by Crippen LogP contribution is 2.24. The van der Waals surface area contributed by atoms with E-state index < -0.39 is 15.9 Å². The van der Waals surface area contributed by atoms with Crippen molar-refractivity contribution in [3.05, 3.63) is 65.7 Å². The lowest BCUT2D eigenvalue weighted by Gasteiger charge is -2.18. The van der Waals surface area contributed by atoms with Crippen LogP contribution in [0.5, 0.6) is 0 Å². The Labute approximate surface area is 167 Å². The van der Waals surface area contributed by atoms with Crippen molar-refractivity contribution in [3.63, 3.8) is 0 Å². The van der Waals surface area contributed by atoms with Gasteiger partial charge in [-0.2, -0.15) is 9.40 Å². The number of carbonyl (C=O) groups excluding carboxylic acids is 1. The zero-order valence-electron chi connectivity index (χ0n) is 15.2. The number of benzene rings is 2. The predicted octanol–water partition coefficient (Wildman–Crippen LogP) is 2.49. The highest BCUT2D eigenvalue weighted by atomic mass is 35.5. The zero-order chi connectivity index (χ0) is 20.3. The van der Waals surface area contributed by atoms with Crippen LogP contribution in [0.15, 0.2) is 60.0 Å². The Balaban J connectivity index is 1.77. The molecule has 1 N–H and O–H groups in total. The molecule has 1 aromatic heterocycles. The Morgan fingerprint density at radius 3 is 2.57 bits per heavy atom. The Kier molecular flexibility index (Phi) is 5.78. The first-order valence-corrected chi connectivity index (χ1v) is 10.1. The Morgan fingerprint density at radius 2 is 1.93 bits per heavy atom. The number of aromatic nitrogens is 3. The maximum Gasteiger partial charge on any atom is 0.243 e. The van der Waals surface area contributed by atoms with Crippen molar-refractivity contribution in [2.45, 2.75) is 11.8 Å². The molecule has 0 saturated carbocycles. The second kappa shape index (κ2) is 8.09.